The van der Waals surface area contributed by atoms with E-state index >= 15 is 0 Å². The summed E-state index contributed by atoms with van der Waals surface area (Å²) in [6.07, 6.45) is 1.84. The largest absolute Gasteiger partial charge is 0.380 e. The molecule has 130 valence electrons. The van der Waals surface area contributed by atoms with Crippen LogP contribution in [0.5, 0.6) is 0 Å². The van der Waals surface area contributed by atoms with E-state index < -0.39 is 0 Å². The molecule has 1 aliphatic rings. The van der Waals surface area contributed by atoms with Gasteiger partial charge in [0.1, 0.15) is 0 Å². The van der Waals surface area contributed by atoms with Gasteiger partial charge in [0.05, 0.1) is 18.2 Å². The molecule has 0 saturated carbocycles. The summed E-state index contributed by atoms with van der Waals surface area (Å²) in [4.78, 5) is 16.1. The molecule has 1 aliphatic heterocycles. The molecule has 1 aromatic rings. The highest BCUT2D eigenvalue weighted by Crippen LogP contribution is 2.20. The zero-order valence-corrected chi connectivity index (χ0v) is 14.5. The van der Waals surface area contributed by atoms with E-state index in [-0.39, 0.29) is 12.1 Å². The van der Waals surface area contributed by atoms with Gasteiger partial charge in [0, 0.05) is 45.0 Å². The molecule has 6 nitrogen and oxygen atoms in total. The summed E-state index contributed by atoms with van der Waals surface area (Å²) in [5.74, 6) is 0. The zero-order chi connectivity index (χ0) is 17.4. The van der Waals surface area contributed by atoms with Gasteiger partial charge in [0.25, 0.3) is 0 Å². The molecule has 6 heteroatoms. The highest BCUT2D eigenvalue weighted by Gasteiger charge is 2.22. The van der Waals surface area contributed by atoms with E-state index in [4.69, 9.17) is 10.00 Å². The molecule has 1 aromatic carbocycles. The van der Waals surface area contributed by atoms with E-state index in [2.05, 4.69) is 16.3 Å². The first-order valence-corrected chi connectivity index (χ1v) is 8.48. The number of rotatable bonds is 6. The number of hydrogen-bond donors (Lipinski definition) is 1. The van der Waals surface area contributed by atoms with E-state index in [1.54, 1.807) is 11.9 Å². The minimum atomic E-state index is -0.0356. The monoisotopic (exact) mass is 330 g/mol. The van der Waals surface area contributed by atoms with Crippen molar-refractivity contribution in [1.82, 2.24) is 10.2 Å². The van der Waals surface area contributed by atoms with Crippen LogP contribution in [-0.4, -0.2) is 56.9 Å². The number of benzene rings is 1. The summed E-state index contributed by atoms with van der Waals surface area (Å²) < 4.78 is 5.28. The van der Waals surface area contributed by atoms with Gasteiger partial charge in [0.2, 0.25) is 0 Å². The standard InChI is InChI=1S/C18H26N4O2/c1-3-24-13-12-21(2)18(23)20-16-8-10-22(11-9-16)17-6-4-15(14-19)5-7-17/h4-7,16H,3,8-13H2,1-2H3,(H,20,23). The van der Waals surface area contributed by atoms with Crippen molar-refractivity contribution in [3.05, 3.63) is 29.8 Å². The number of carbonyl (C=O) groups is 1. The summed E-state index contributed by atoms with van der Waals surface area (Å²) in [6, 6.07) is 9.97. The van der Waals surface area contributed by atoms with E-state index in [9.17, 15) is 4.79 Å². The molecule has 1 heterocycles. The Balaban J connectivity index is 1.75. The Morgan fingerprint density at radius 3 is 2.62 bits per heavy atom. The lowest BCUT2D eigenvalue weighted by atomic mass is 10.0. The maximum absolute atomic E-state index is 12.1. The first kappa shape index (κ1) is 18.1. The molecule has 0 aromatic heterocycles. The molecule has 0 bridgehead atoms. The topological polar surface area (TPSA) is 68.6 Å². The van der Waals surface area contributed by atoms with Gasteiger partial charge in [-0.1, -0.05) is 0 Å². The summed E-state index contributed by atoms with van der Waals surface area (Å²) in [7, 11) is 1.79. The molecule has 1 N–H and O–H groups in total. The fraction of sp³-hybridized carbons (Fsp3) is 0.556. The van der Waals surface area contributed by atoms with Gasteiger partial charge >= 0.3 is 6.03 Å². The fourth-order valence-electron chi connectivity index (χ4n) is 2.76. The van der Waals surface area contributed by atoms with Gasteiger partial charge in [0.15, 0.2) is 0 Å². The van der Waals surface area contributed by atoms with E-state index in [1.807, 2.05) is 31.2 Å². The number of nitrogens with one attached hydrogen (secondary N) is 1. The van der Waals surface area contributed by atoms with Gasteiger partial charge in [-0.2, -0.15) is 5.26 Å². The fourth-order valence-corrected chi connectivity index (χ4v) is 2.76. The number of carbonyl (C=O) groups excluding carboxylic acids is 1. The Morgan fingerprint density at radius 1 is 1.38 bits per heavy atom. The summed E-state index contributed by atoms with van der Waals surface area (Å²) >= 11 is 0. The number of anilines is 1. The lowest BCUT2D eigenvalue weighted by Gasteiger charge is -2.34. The number of hydrogen-bond acceptors (Lipinski definition) is 4. The molecule has 0 atom stereocenters. The Bertz CT molecular complexity index is 559. The number of nitriles is 1. The number of ether oxygens (including phenoxy) is 1. The minimum Gasteiger partial charge on any atom is -0.380 e. The highest BCUT2D eigenvalue weighted by atomic mass is 16.5. The second-order valence-electron chi connectivity index (χ2n) is 5.99. The van der Waals surface area contributed by atoms with Crippen LogP contribution in [0.4, 0.5) is 10.5 Å². The number of nitrogens with zero attached hydrogens (tertiary/aromatic N) is 3. The van der Waals surface area contributed by atoms with Crippen LogP contribution in [-0.2, 0) is 4.74 Å². The van der Waals surface area contributed by atoms with E-state index in [0.29, 0.717) is 25.3 Å². The molecule has 24 heavy (non-hydrogen) atoms. The van der Waals surface area contributed by atoms with Crippen molar-refractivity contribution in [3.8, 4) is 6.07 Å². The van der Waals surface area contributed by atoms with Crippen molar-refractivity contribution >= 4 is 11.7 Å². The molecule has 2 rings (SSSR count). The SMILES string of the molecule is CCOCCN(C)C(=O)NC1CCN(c2ccc(C#N)cc2)CC1. The maximum Gasteiger partial charge on any atom is 0.317 e. The molecule has 1 saturated heterocycles. The summed E-state index contributed by atoms with van der Waals surface area (Å²) in [5.41, 5.74) is 1.81. The number of piperidine rings is 1. The zero-order valence-electron chi connectivity index (χ0n) is 14.5. The van der Waals surface area contributed by atoms with Crippen LogP contribution in [0.15, 0.2) is 24.3 Å². The molecule has 0 spiro atoms. The van der Waals surface area contributed by atoms with Crippen molar-refractivity contribution in [3.63, 3.8) is 0 Å². The van der Waals surface area contributed by atoms with Gasteiger partial charge in [-0.3, -0.25) is 0 Å². The third-order valence-corrected chi connectivity index (χ3v) is 4.31. The Kier molecular flexibility index (Phi) is 6.89. The molecule has 1 fully saturated rings. The Morgan fingerprint density at radius 2 is 2.04 bits per heavy atom. The van der Waals surface area contributed by atoms with E-state index in [1.165, 1.54) is 0 Å². The number of urea groups is 1. The molecule has 0 unspecified atom stereocenters. The lowest BCUT2D eigenvalue weighted by molar-refractivity contribution is 0.125. The minimum absolute atomic E-state index is 0.0356. The van der Waals surface area contributed by atoms with E-state index in [0.717, 1.165) is 31.6 Å². The predicted molar refractivity (Wildman–Crippen MR) is 94.0 cm³/mol. The quantitative estimate of drug-likeness (QED) is 0.812. The average Bonchev–Trinajstić information content (AvgIpc) is 2.62. The summed E-state index contributed by atoms with van der Waals surface area (Å²) in [5, 5.41) is 12.0. The van der Waals surface area contributed by atoms with Crippen LogP contribution >= 0.6 is 0 Å². The van der Waals surface area contributed by atoms with Crippen LogP contribution in [0.1, 0.15) is 25.3 Å². The molecular weight excluding hydrogens is 304 g/mol. The van der Waals surface area contributed by atoms with Crippen molar-refractivity contribution in [2.45, 2.75) is 25.8 Å². The maximum atomic E-state index is 12.1. The highest BCUT2D eigenvalue weighted by molar-refractivity contribution is 5.74. The third-order valence-electron chi connectivity index (χ3n) is 4.31. The third kappa shape index (κ3) is 5.14. The smallest absolute Gasteiger partial charge is 0.317 e. The van der Waals surface area contributed by atoms with Gasteiger partial charge in [-0.05, 0) is 44.0 Å². The van der Waals surface area contributed by atoms with Crippen LogP contribution in [0.3, 0.4) is 0 Å². The molecule has 0 aliphatic carbocycles. The molecular formula is C18H26N4O2. The van der Waals surface area contributed by atoms with Gasteiger partial charge < -0.3 is 19.9 Å². The average molecular weight is 330 g/mol. The Labute approximate surface area is 144 Å². The molecule has 0 radical (unpaired) electrons. The van der Waals surface area contributed by atoms with Crippen molar-refractivity contribution in [2.24, 2.45) is 0 Å². The Hall–Kier alpha value is -2.26. The van der Waals surface area contributed by atoms with Crippen LogP contribution < -0.4 is 10.2 Å². The van der Waals surface area contributed by atoms with Crippen LogP contribution in [0, 0.1) is 11.3 Å². The second-order valence-corrected chi connectivity index (χ2v) is 5.99. The lowest BCUT2D eigenvalue weighted by Crippen LogP contribution is -2.49. The second kappa shape index (κ2) is 9.14. The first-order chi connectivity index (χ1) is 11.6. The normalized spacial score (nSPS) is 15.0. The van der Waals surface area contributed by atoms with Crippen molar-refractivity contribution in [2.75, 3.05) is 44.8 Å². The first-order valence-electron chi connectivity index (χ1n) is 8.48. The van der Waals surface area contributed by atoms with Crippen LogP contribution in [0.2, 0.25) is 0 Å². The molecule has 2 amide bonds. The van der Waals surface area contributed by atoms with Crippen LogP contribution in [0.25, 0.3) is 0 Å². The van der Waals surface area contributed by atoms with Crippen molar-refractivity contribution < 1.29 is 9.53 Å². The van der Waals surface area contributed by atoms with Gasteiger partial charge in [-0.15, -0.1) is 0 Å². The number of amides is 2. The van der Waals surface area contributed by atoms with Gasteiger partial charge in [-0.25, -0.2) is 4.79 Å². The number of likely N-dealkylation sites (N-methyl/N-ethyl adjacent to an activating group) is 1. The van der Waals surface area contributed by atoms with Crippen molar-refractivity contribution in [1.29, 1.82) is 5.26 Å². The predicted octanol–water partition coefficient (Wildman–Crippen LogP) is 2.20. The summed E-state index contributed by atoms with van der Waals surface area (Å²) in [6.45, 7) is 5.59.